The topological polar surface area (TPSA) is 38.4 Å². The SMILES string of the molecule is CC(C)(C)N=C(N)C1CCCc2ccccc21. The second kappa shape index (κ2) is 4.52. The van der Waals surface area contributed by atoms with Crippen molar-refractivity contribution in [1.29, 1.82) is 0 Å². The molecular weight excluding hydrogens is 208 g/mol. The fourth-order valence-electron chi connectivity index (χ4n) is 2.53. The third-order valence-corrected chi connectivity index (χ3v) is 3.19. The predicted molar refractivity (Wildman–Crippen MR) is 73.5 cm³/mol. The summed E-state index contributed by atoms with van der Waals surface area (Å²) in [4.78, 5) is 4.63. The van der Waals surface area contributed by atoms with E-state index in [-0.39, 0.29) is 5.54 Å². The molecule has 2 rings (SSSR count). The maximum Gasteiger partial charge on any atom is 0.102 e. The van der Waals surface area contributed by atoms with Gasteiger partial charge in [0.2, 0.25) is 0 Å². The minimum Gasteiger partial charge on any atom is -0.387 e. The maximum atomic E-state index is 6.20. The van der Waals surface area contributed by atoms with E-state index in [0.29, 0.717) is 5.92 Å². The van der Waals surface area contributed by atoms with Crippen LogP contribution in [0.5, 0.6) is 0 Å². The molecule has 0 aromatic heterocycles. The molecule has 1 atom stereocenters. The van der Waals surface area contributed by atoms with Crippen molar-refractivity contribution in [2.45, 2.75) is 51.5 Å². The Morgan fingerprint density at radius 3 is 2.71 bits per heavy atom. The first-order chi connectivity index (χ1) is 7.97. The molecule has 1 aliphatic rings. The molecule has 0 saturated heterocycles. The first-order valence-electron chi connectivity index (χ1n) is 6.40. The summed E-state index contributed by atoms with van der Waals surface area (Å²) in [6.07, 6.45) is 3.51. The lowest BCUT2D eigenvalue weighted by Crippen LogP contribution is -2.29. The second-order valence-corrected chi connectivity index (χ2v) is 5.85. The van der Waals surface area contributed by atoms with Crippen LogP contribution in [0.3, 0.4) is 0 Å². The van der Waals surface area contributed by atoms with Gasteiger partial charge in [-0.1, -0.05) is 24.3 Å². The van der Waals surface area contributed by atoms with Gasteiger partial charge in [-0.15, -0.1) is 0 Å². The van der Waals surface area contributed by atoms with E-state index in [4.69, 9.17) is 5.73 Å². The number of nitrogens with two attached hydrogens (primary N) is 1. The van der Waals surface area contributed by atoms with Gasteiger partial charge in [0.05, 0.1) is 5.54 Å². The van der Waals surface area contributed by atoms with Gasteiger partial charge < -0.3 is 5.73 Å². The van der Waals surface area contributed by atoms with Crippen molar-refractivity contribution in [3.8, 4) is 0 Å². The summed E-state index contributed by atoms with van der Waals surface area (Å²) in [7, 11) is 0. The fourth-order valence-corrected chi connectivity index (χ4v) is 2.53. The lowest BCUT2D eigenvalue weighted by atomic mass is 9.82. The first-order valence-corrected chi connectivity index (χ1v) is 6.40. The van der Waals surface area contributed by atoms with Crippen LogP contribution < -0.4 is 5.73 Å². The van der Waals surface area contributed by atoms with E-state index >= 15 is 0 Å². The van der Waals surface area contributed by atoms with Crippen molar-refractivity contribution in [3.05, 3.63) is 35.4 Å². The number of hydrogen-bond acceptors (Lipinski definition) is 1. The minimum absolute atomic E-state index is 0.0868. The zero-order valence-corrected chi connectivity index (χ0v) is 11.0. The number of benzene rings is 1. The summed E-state index contributed by atoms with van der Waals surface area (Å²) < 4.78 is 0. The van der Waals surface area contributed by atoms with E-state index in [2.05, 4.69) is 50.0 Å². The highest BCUT2D eigenvalue weighted by Gasteiger charge is 2.23. The Kier molecular flexibility index (Phi) is 3.23. The quantitative estimate of drug-likeness (QED) is 0.583. The average Bonchev–Trinajstić information content (AvgIpc) is 2.26. The monoisotopic (exact) mass is 230 g/mol. The highest BCUT2D eigenvalue weighted by Crippen LogP contribution is 2.32. The third kappa shape index (κ3) is 2.87. The highest BCUT2D eigenvalue weighted by molar-refractivity contribution is 5.88. The van der Waals surface area contributed by atoms with Crippen LogP contribution >= 0.6 is 0 Å². The molecule has 17 heavy (non-hydrogen) atoms. The van der Waals surface area contributed by atoms with Gasteiger partial charge in [0.25, 0.3) is 0 Å². The number of nitrogens with zero attached hydrogens (tertiary/aromatic N) is 1. The van der Waals surface area contributed by atoms with Crippen LogP contribution in [-0.2, 0) is 6.42 Å². The summed E-state index contributed by atoms with van der Waals surface area (Å²) in [5.41, 5.74) is 8.93. The van der Waals surface area contributed by atoms with Crippen LogP contribution in [-0.4, -0.2) is 11.4 Å². The van der Waals surface area contributed by atoms with Gasteiger partial charge in [0, 0.05) is 5.92 Å². The fraction of sp³-hybridized carbons (Fsp3) is 0.533. The molecule has 0 bridgehead atoms. The van der Waals surface area contributed by atoms with Gasteiger partial charge in [-0.05, 0) is 51.2 Å². The lowest BCUT2D eigenvalue weighted by molar-refractivity contribution is 0.569. The van der Waals surface area contributed by atoms with E-state index in [0.717, 1.165) is 12.3 Å². The van der Waals surface area contributed by atoms with E-state index in [1.807, 2.05) is 0 Å². The van der Waals surface area contributed by atoms with Crippen LogP contribution in [0.15, 0.2) is 29.3 Å². The van der Waals surface area contributed by atoms with Crippen molar-refractivity contribution in [2.75, 3.05) is 0 Å². The molecule has 0 spiro atoms. The van der Waals surface area contributed by atoms with Gasteiger partial charge in [0.15, 0.2) is 0 Å². The molecule has 1 aromatic rings. The summed E-state index contributed by atoms with van der Waals surface area (Å²) in [5.74, 6) is 1.11. The normalized spacial score (nSPS) is 21.1. The number of fused-ring (bicyclic) bond motifs is 1. The maximum absolute atomic E-state index is 6.20. The molecule has 0 saturated carbocycles. The molecule has 1 aliphatic carbocycles. The zero-order valence-electron chi connectivity index (χ0n) is 11.0. The summed E-state index contributed by atoms with van der Waals surface area (Å²) in [5, 5.41) is 0. The predicted octanol–water partition coefficient (Wildman–Crippen LogP) is 3.26. The Balaban J connectivity index is 2.33. The standard InChI is InChI=1S/C15H22N2/c1-15(2,3)17-14(16)13-10-6-8-11-7-4-5-9-12(11)13/h4-5,7,9,13H,6,8,10H2,1-3H3,(H2,16,17). The van der Waals surface area contributed by atoms with E-state index in [1.54, 1.807) is 0 Å². The second-order valence-electron chi connectivity index (χ2n) is 5.85. The zero-order chi connectivity index (χ0) is 12.5. The van der Waals surface area contributed by atoms with Gasteiger partial charge >= 0.3 is 0 Å². The molecule has 2 nitrogen and oxygen atoms in total. The molecule has 92 valence electrons. The largest absolute Gasteiger partial charge is 0.387 e. The molecular formula is C15H22N2. The van der Waals surface area contributed by atoms with Crippen LogP contribution in [0.1, 0.15) is 50.7 Å². The van der Waals surface area contributed by atoms with Gasteiger partial charge in [-0.3, -0.25) is 4.99 Å². The van der Waals surface area contributed by atoms with Crippen molar-refractivity contribution in [2.24, 2.45) is 10.7 Å². The number of rotatable bonds is 1. The molecule has 2 N–H and O–H groups in total. The molecule has 1 unspecified atom stereocenters. The lowest BCUT2D eigenvalue weighted by Gasteiger charge is -2.26. The van der Waals surface area contributed by atoms with E-state index in [1.165, 1.54) is 24.0 Å². The molecule has 0 fully saturated rings. The minimum atomic E-state index is -0.0868. The Labute approximate surface area is 104 Å². The summed E-state index contributed by atoms with van der Waals surface area (Å²) in [6.45, 7) is 6.28. The molecule has 2 heteroatoms. The smallest absolute Gasteiger partial charge is 0.102 e. The Hall–Kier alpha value is -1.31. The van der Waals surface area contributed by atoms with Gasteiger partial charge in [-0.2, -0.15) is 0 Å². The molecule has 1 aromatic carbocycles. The first kappa shape index (κ1) is 12.2. The Bertz CT molecular complexity index is 427. The molecule has 0 aliphatic heterocycles. The van der Waals surface area contributed by atoms with Crippen molar-refractivity contribution in [3.63, 3.8) is 0 Å². The molecule has 0 radical (unpaired) electrons. The number of hydrogen-bond donors (Lipinski definition) is 1. The Morgan fingerprint density at radius 2 is 2.00 bits per heavy atom. The van der Waals surface area contributed by atoms with Gasteiger partial charge in [-0.25, -0.2) is 0 Å². The number of aliphatic imine (C=N–C) groups is 1. The summed E-state index contributed by atoms with van der Waals surface area (Å²) in [6, 6.07) is 8.62. The van der Waals surface area contributed by atoms with Crippen LogP contribution in [0.4, 0.5) is 0 Å². The molecule has 0 amide bonds. The van der Waals surface area contributed by atoms with E-state index < -0.39 is 0 Å². The van der Waals surface area contributed by atoms with Crippen LogP contribution in [0.2, 0.25) is 0 Å². The summed E-state index contributed by atoms with van der Waals surface area (Å²) >= 11 is 0. The van der Waals surface area contributed by atoms with Crippen molar-refractivity contribution >= 4 is 5.84 Å². The molecule has 0 heterocycles. The number of amidine groups is 1. The average molecular weight is 230 g/mol. The van der Waals surface area contributed by atoms with E-state index in [9.17, 15) is 0 Å². The highest BCUT2D eigenvalue weighted by atomic mass is 14.9. The van der Waals surface area contributed by atoms with Crippen molar-refractivity contribution < 1.29 is 0 Å². The number of aryl methyl sites for hydroxylation is 1. The van der Waals surface area contributed by atoms with Gasteiger partial charge in [0.1, 0.15) is 5.84 Å². The van der Waals surface area contributed by atoms with Crippen LogP contribution in [0, 0.1) is 0 Å². The van der Waals surface area contributed by atoms with Crippen LogP contribution in [0.25, 0.3) is 0 Å². The Morgan fingerprint density at radius 1 is 1.29 bits per heavy atom. The van der Waals surface area contributed by atoms with Crippen molar-refractivity contribution in [1.82, 2.24) is 0 Å². The third-order valence-electron chi connectivity index (χ3n) is 3.19.